The first-order valence-electron chi connectivity index (χ1n) is 5.92. The minimum Gasteiger partial charge on any atom is -0.465 e. The number of carbonyl (C=O) groups is 1. The third-order valence-corrected chi connectivity index (χ3v) is 3.11. The normalized spacial score (nSPS) is 10.5. The van der Waals surface area contributed by atoms with E-state index < -0.39 is 0 Å². The summed E-state index contributed by atoms with van der Waals surface area (Å²) in [5.74, 6) is -0.331. The van der Waals surface area contributed by atoms with E-state index in [9.17, 15) is 4.79 Å². The average Bonchev–Trinajstić information content (AvgIpc) is 2.68. The van der Waals surface area contributed by atoms with Crippen LogP contribution in [-0.4, -0.2) is 27.3 Å². The number of pyridine rings is 1. The van der Waals surface area contributed by atoms with E-state index in [-0.39, 0.29) is 12.5 Å². The van der Waals surface area contributed by atoms with Gasteiger partial charge in [0, 0.05) is 18.0 Å². The molecule has 0 aromatic carbocycles. The molecule has 0 saturated carbocycles. The monoisotopic (exact) mass is 279 g/mol. The van der Waals surface area contributed by atoms with Gasteiger partial charge in [0.1, 0.15) is 12.2 Å². The molecule has 0 aliphatic carbocycles. The molecule has 0 saturated heterocycles. The molecule has 2 rings (SSSR count). The fourth-order valence-corrected chi connectivity index (χ4v) is 1.94. The van der Waals surface area contributed by atoms with Gasteiger partial charge in [-0.05, 0) is 26.0 Å². The van der Waals surface area contributed by atoms with Gasteiger partial charge in [-0.3, -0.25) is 14.5 Å². The van der Waals surface area contributed by atoms with Crippen LogP contribution in [0, 0.1) is 6.92 Å². The lowest BCUT2D eigenvalue weighted by Crippen LogP contribution is -2.15. The van der Waals surface area contributed by atoms with Crippen LogP contribution in [-0.2, 0) is 16.1 Å². The van der Waals surface area contributed by atoms with Crippen molar-refractivity contribution in [1.82, 2.24) is 14.8 Å². The van der Waals surface area contributed by atoms with Gasteiger partial charge in [0.2, 0.25) is 0 Å². The van der Waals surface area contributed by atoms with Crippen molar-refractivity contribution in [1.29, 1.82) is 0 Å². The number of esters is 1. The number of hydrogen-bond donors (Lipinski definition) is 0. The minimum atomic E-state index is -0.331. The van der Waals surface area contributed by atoms with Crippen molar-refractivity contribution in [2.75, 3.05) is 6.61 Å². The number of rotatable bonds is 4. The Morgan fingerprint density at radius 1 is 1.53 bits per heavy atom. The second-order valence-corrected chi connectivity index (χ2v) is 4.33. The summed E-state index contributed by atoms with van der Waals surface area (Å²) in [6.45, 7) is 3.98. The van der Waals surface area contributed by atoms with Gasteiger partial charge in [0.05, 0.1) is 17.3 Å². The number of halogens is 1. The van der Waals surface area contributed by atoms with E-state index in [0.29, 0.717) is 17.3 Å². The Labute approximate surface area is 116 Å². The van der Waals surface area contributed by atoms with Crippen LogP contribution >= 0.6 is 11.6 Å². The Bertz CT molecular complexity index is 581. The summed E-state index contributed by atoms with van der Waals surface area (Å²) in [5.41, 5.74) is 2.17. The molecule has 0 unspecified atom stereocenters. The predicted molar refractivity (Wildman–Crippen MR) is 71.8 cm³/mol. The molecule has 0 aliphatic rings. The first-order chi connectivity index (χ1) is 9.13. The lowest BCUT2D eigenvalue weighted by Gasteiger charge is -2.03. The molecule has 0 aliphatic heterocycles. The van der Waals surface area contributed by atoms with Crippen LogP contribution in [0.3, 0.4) is 0 Å². The lowest BCUT2D eigenvalue weighted by molar-refractivity contribution is -0.144. The molecule has 2 aromatic rings. The van der Waals surface area contributed by atoms with Gasteiger partial charge in [0.15, 0.2) is 0 Å². The first-order valence-corrected chi connectivity index (χ1v) is 6.30. The molecule has 0 fully saturated rings. The summed E-state index contributed by atoms with van der Waals surface area (Å²) in [4.78, 5) is 15.5. The van der Waals surface area contributed by atoms with E-state index in [4.69, 9.17) is 16.3 Å². The minimum absolute atomic E-state index is 0.0552. The smallest absolute Gasteiger partial charge is 0.327 e. The topological polar surface area (TPSA) is 57.0 Å². The molecule has 2 heterocycles. The number of ether oxygens (including phenoxy) is 1. The van der Waals surface area contributed by atoms with Crippen molar-refractivity contribution < 1.29 is 9.53 Å². The van der Waals surface area contributed by atoms with E-state index in [1.165, 1.54) is 0 Å². The Hall–Kier alpha value is -1.88. The van der Waals surface area contributed by atoms with Crippen molar-refractivity contribution in [3.63, 3.8) is 0 Å². The van der Waals surface area contributed by atoms with Crippen molar-refractivity contribution in [2.24, 2.45) is 0 Å². The maximum absolute atomic E-state index is 11.5. The molecule has 100 valence electrons. The van der Waals surface area contributed by atoms with Gasteiger partial charge >= 0.3 is 5.97 Å². The molecule has 0 spiro atoms. The highest BCUT2D eigenvalue weighted by atomic mass is 35.5. The fraction of sp³-hybridized carbons (Fsp3) is 0.308. The van der Waals surface area contributed by atoms with Crippen LogP contribution in [0.2, 0.25) is 5.02 Å². The Morgan fingerprint density at radius 3 is 2.95 bits per heavy atom. The molecule has 5 nitrogen and oxygen atoms in total. The molecular formula is C13H14ClN3O2. The molecule has 6 heteroatoms. The maximum Gasteiger partial charge on any atom is 0.327 e. The molecular weight excluding hydrogens is 266 g/mol. The maximum atomic E-state index is 11.5. The zero-order chi connectivity index (χ0) is 13.8. The Kier molecular flexibility index (Phi) is 4.16. The summed E-state index contributed by atoms with van der Waals surface area (Å²) in [6.07, 6.45) is 3.36. The predicted octanol–water partition coefficient (Wildman–Crippen LogP) is 2.47. The highest BCUT2D eigenvalue weighted by molar-refractivity contribution is 6.33. The SMILES string of the molecule is CCOC(=O)Cn1nc(-c2cccnc2)c(Cl)c1C. The molecule has 0 bridgehead atoms. The highest BCUT2D eigenvalue weighted by Crippen LogP contribution is 2.28. The molecule has 0 radical (unpaired) electrons. The van der Waals surface area contributed by atoms with Gasteiger partial charge in [-0.25, -0.2) is 0 Å². The molecule has 0 N–H and O–H groups in total. The number of aromatic nitrogens is 3. The van der Waals surface area contributed by atoms with Crippen LogP contribution in [0.5, 0.6) is 0 Å². The summed E-state index contributed by atoms with van der Waals surface area (Å²) >= 11 is 6.25. The fourth-order valence-electron chi connectivity index (χ4n) is 1.69. The van der Waals surface area contributed by atoms with E-state index in [1.807, 2.05) is 19.1 Å². The number of nitrogens with zero attached hydrogens (tertiary/aromatic N) is 3. The summed E-state index contributed by atoms with van der Waals surface area (Å²) in [6, 6.07) is 3.68. The van der Waals surface area contributed by atoms with Crippen molar-refractivity contribution in [3.8, 4) is 11.3 Å². The van der Waals surface area contributed by atoms with Gasteiger partial charge in [-0.15, -0.1) is 0 Å². The molecule has 2 aromatic heterocycles. The molecule has 19 heavy (non-hydrogen) atoms. The van der Waals surface area contributed by atoms with Crippen LogP contribution in [0.25, 0.3) is 11.3 Å². The number of hydrogen-bond acceptors (Lipinski definition) is 4. The second-order valence-electron chi connectivity index (χ2n) is 3.95. The van der Waals surface area contributed by atoms with Crippen molar-refractivity contribution >= 4 is 17.6 Å². The van der Waals surface area contributed by atoms with Crippen LogP contribution in [0.1, 0.15) is 12.6 Å². The quantitative estimate of drug-likeness (QED) is 0.807. The van der Waals surface area contributed by atoms with Gasteiger partial charge in [0.25, 0.3) is 0 Å². The molecule has 0 amide bonds. The average molecular weight is 280 g/mol. The van der Waals surface area contributed by atoms with Gasteiger partial charge in [-0.2, -0.15) is 5.10 Å². The Balaban J connectivity index is 2.31. The van der Waals surface area contributed by atoms with E-state index in [1.54, 1.807) is 24.0 Å². The van der Waals surface area contributed by atoms with Crippen LogP contribution in [0.4, 0.5) is 0 Å². The standard InChI is InChI=1S/C13H14ClN3O2/c1-3-19-11(18)8-17-9(2)12(14)13(16-17)10-5-4-6-15-7-10/h4-7H,3,8H2,1-2H3. The first kappa shape index (κ1) is 13.5. The van der Waals surface area contributed by atoms with Gasteiger partial charge in [-0.1, -0.05) is 11.6 Å². The zero-order valence-electron chi connectivity index (χ0n) is 10.8. The lowest BCUT2D eigenvalue weighted by atomic mass is 10.2. The highest BCUT2D eigenvalue weighted by Gasteiger charge is 2.16. The zero-order valence-corrected chi connectivity index (χ0v) is 11.5. The van der Waals surface area contributed by atoms with Crippen molar-refractivity contribution in [3.05, 3.63) is 35.2 Å². The number of carbonyl (C=O) groups excluding carboxylic acids is 1. The summed E-state index contributed by atoms with van der Waals surface area (Å²) in [7, 11) is 0. The molecule has 0 atom stereocenters. The summed E-state index contributed by atoms with van der Waals surface area (Å²) in [5, 5.41) is 4.87. The second kappa shape index (κ2) is 5.84. The third-order valence-electron chi connectivity index (χ3n) is 2.65. The van der Waals surface area contributed by atoms with Crippen LogP contribution in [0.15, 0.2) is 24.5 Å². The van der Waals surface area contributed by atoms with Crippen LogP contribution < -0.4 is 0 Å². The largest absolute Gasteiger partial charge is 0.465 e. The van der Waals surface area contributed by atoms with Gasteiger partial charge < -0.3 is 4.74 Å². The van der Waals surface area contributed by atoms with E-state index in [0.717, 1.165) is 11.3 Å². The third kappa shape index (κ3) is 2.93. The van der Waals surface area contributed by atoms with Crippen molar-refractivity contribution in [2.45, 2.75) is 20.4 Å². The Morgan fingerprint density at radius 2 is 2.32 bits per heavy atom. The van der Waals surface area contributed by atoms with E-state index >= 15 is 0 Å². The summed E-state index contributed by atoms with van der Waals surface area (Å²) < 4.78 is 6.44. The van der Waals surface area contributed by atoms with E-state index in [2.05, 4.69) is 10.1 Å².